The van der Waals surface area contributed by atoms with Crippen molar-refractivity contribution in [2.24, 2.45) is 10.5 Å². The number of hydrogen-bond donors (Lipinski definition) is 1. The summed E-state index contributed by atoms with van der Waals surface area (Å²) >= 11 is 0. The highest BCUT2D eigenvalue weighted by Gasteiger charge is 2.50. The fourth-order valence-corrected chi connectivity index (χ4v) is 7.64. The summed E-state index contributed by atoms with van der Waals surface area (Å²) < 4.78 is 16.7. The van der Waals surface area contributed by atoms with Crippen LogP contribution in [0, 0.1) is 5.41 Å². The van der Waals surface area contributed by atoms with Gasteiger partial charge in [-0.25, -0.2) is 0 Å². The molecular formula is C25H31N4OP. The van der Waals surface area contributed by atoms with Crippen molar-refractivity contribution < 1.29 is 4.57 Å². The minimum absolute atomic E-state index is 0.0966. The minimum atomic E-state index is -3.22. The number of hydrazone groups is 1. The average Bonchev–Trinajstić information content (AvgIpc) is 3.06. The van der Waals surface area contributed by atoms with E-state index in [1.54, 1.807) is 4.78 Å². The Kier molecular flexibility index (Phi) is 5.18. The lowest BCUT2D eigenvalue weighted by atomic mass is 9.78. The summed E-state index contributed by atoms with van der Waals surface area (Å²) in [6.45, 7) is 6.69. The molecule has 0 aromatic heterocycles. The molecule has 0 bridgehead atoms. The molecule has 1 N–H and O–H groups in total. The maximum absolute atomic E-state index is 15.0. The highest BCUT2D eigenvalue weighted by Crippen LogP contribution is 2.66. The number of nitrogens with one attached hydrogen (secondary N) is 1. The second-order valence-corrected chi connectivity index (χ2v) is 11.8. The van der Waals surface area contributed by atoms with Crippen LogP contribution in [0.1, 0.15) is 46.0 Å². The summed E-state index contributed by atoms with van der Waals surface area (Å²) in [4.78, 5) is 2.49. The van der Waals surface area contributed by atoms with E-state index in [2.05, 4.69) is 23.8 Å². The Bertz CT molecular complexity index is 1060. The van der Waals surface area contributed by atoms with Gasteiger partial charge in [-0.3, -0.25) is 4.57 Å². The molecule has 0 amide bonds. The van der Waals surface area contributed by atoms with Gasteiger partial charge >= 0.3 is 7.44 Å². The Hall–Kier alpha value is -2.52. The van der Waals surface area contributed by atoms with Gasteiger partial charge in [0, 0.05) is 24.5 Å². The average molecular weight is 435 g/mol. The summed E-state index contributed by atoms with van der Waals surface area (Å²) in [7, 11) is -3.22. The summed E-state index contributed by atoms with van der Waals surface area (Å²) in [5, 5.41) is 9.40. The van der Waals surface area contributed by atoms with Crippen LogP contribution in [0.4, 0.5) is 11.4 Å². The number of hydrogen-bond acceptors (Lipinski definition) is 3. The predicted octanol–water partition coefficient (Wildman–Crippen LogP) is 6.69. The van der Waals surface area contributed by atoms with Crippen LogP contribution in [-0.2, 0) is 4.57 Å². The fraction of sp³-hybridized carbons (Fsp3) is 0.400. The van der Waals surface area contributed by atoms with Crippen LogP contribution in [0.3, 0.4) is 0 Å². The third kappa shape index (κ3) is 3.80. The maximum atomic E-state index is 15.0. The van der Waals surface area contributed by atoms with Crippen LogP contribution in [0.5, 0.6) is 0 Å². The molecular weight excluding hydrogens is 403 g/mol. The number of nitrogens with zero attached hydrogens (tertiary/aromatic N) is 3. The zero-order chi connectivity index (χ0) is 21.5. The van der Waals surface area contributed by atoms with E-state index in [0.29, 0.717) is 0 Å². The number of allylic oxidation sites excluding steroid dienone is 2. The molecule has 2 heterocycles. The summed E-state index contributed by atoms with van der Waals surface area (Å²) in [6, 6.07) is 19.8. The molecule has 1 saturated heterocycles. The SMILES string of the molecule is CC1(C)CC2=NN(c3ccccc3)P(=O)(Nc3ccccc3)C2=C(N2CCCCC2)C1. The molecule has 1 atom stereocenters. The van der Waals surface area contributed by atoms with Crippen molar-refractivity contribution in [2.45, 2.75) is 46.0 Å². The normalized spacial score (nSPS) is 25.3. The molecule has 0 spiro atoms. The standard InChI is InChI=1S/C25H31N4OP/c1-25(2)18-22-24(23(19-25)28-16-10-5-11-17-28)31(30,27-20-12-6-3-7-13-20)29(26-22)21-14-8-4-9-15-21/h3-4,6-9,12-15H,5,10-11,16-19H2,1-2H3,(H,27,30). The van der Waals surface area contributed by atoms with Crippen molar-refractivity contribution in [3.8, 4) is 0 Å². The first-order valence-electron chi connectivity index (χ1n) is 11.3. The van der Waals surface area contributed by atoms with Crippen molar-refractivity contribution >= 4 is 24.5 Å². The van der Waals surface area contributed by atoms with Crippen LogP contribution in [0.25, 0.3) is 0 Å². The first-order valence-corrected chi connectivity index (χ1v) is 13.0. The predicted molar refractivity (Wildman–Crippen MR) is 129 cm³/mol. The molecule has 5 nitrogen and oxygen atoms in total. The Labute approximate surface area is 185 Å². The number of anilines is 2. The van der Waals surface area contributed by atoms with E-state index in [1.807, 2.05) is 60.7 Å². The van der Waals surface area contributed by atoms with Crippen molar-refractivity contribution in [3.63, 3.8) is 0 Å². The van der Waals surface area contributed by atoms with Crippen molar-refractivity contribution in [2.75, 3.05) is 23.0 Å². The van der Waals surface area contributed by atoms with Crippen molar-refractivity contribution in [1.29, 1.82) is 0 Å². The van der Waals surface area contributed by atoms with Crippen LogP contribution in [0.2, 0.25) is 0 Å². The molecule has 1 unspecified atom stereocenters. The molecule has 1 fully saturated rings. The van der Waals surface area contributed by atoms with Gasteiger partial charge in [-0.05, 0) is 61.8 Å². The van der Waals surface area contributed by atoms with Crippen LogP contribution < -0.4 is 9.87 Å². The summed E-state index contributed by atoms with van der Waals surface area (Å²) in [6.07, 6.45) is 5.44. The molecule has 31 heavy (non-hydrogen) atoms. The molecule has 2 aromatic carbocycles. The number of likely N-dealkylation sites (tertiary alicyclic amines) is 1. The lowest BCUT2D eigenvalue weighted by Crippen LogP contribution is -2.36. The van der Waals surface area contributed by atoms with Gasteiger partial charge in [0.25, 0.3) is 0 Å². The first kappa shape index (κ1) is 20.4. The highest BCUT2D eigenvalue weighted by molar-refractivity contribution is 7.73. The molecule has 162 valence electrons. The Balaban J connectivity index is 1.68. The number of benzene rings is 2. The van der Waals surface area contributed by atoms with E-state index in [-0.39, 0.29) is 5.41 Å². The van der Waals surface area contributed by atoms with Gasteiger partial charge in [-0.1, -0.05) is 50.2 Å². The van der Waals surface area contributed by atoms with E-state index in [0.717, 1.165) is 48.3 Å². The largest absolute Gasteiger partial charge is 0.374 e. The van der Waals surface area contributed by atoms with Crippen LogP contribution >= 0.6 is 7.44 Å². The first-order chi connectivity index (χ1) is 15.0. The molecule has 2 aromatic rings. The van der Waals surface area contributed by atoms with E-state index in [1.165, 1.54) is 25.0 Å². The van der Waals surface area contributed by atoms with E-state index >= 15 is 0 Å². The van der Waals surface area contributed by atoms with E-state index in [9.17, 15) is 4.57 Å². The lowest BCUT2D eigenvalue weighted by Gasteiger charge is -2.40. The number of para-hydroxylation sites is 2. The molecule has 5 rings (SSSR count). The second-order valence-electron chi connectivity index (χ2n) is 9.59. The van der Waals surface area contributed by atoms with E-state index in [4.69, 9.17) is 5.10 Å². The van der Waals surface area contributed by atoms with E-state index < -0.39 is 7.44 Å². The Morgan fingerprint density at radius 1 is 0.903 bits per heavy atom. The molecule has 3 aliphatic rings. The van der Waals surface area contributed by atoms with Gasteiger partial charge in [0.05, 0.1) is 16.7 Å². The number of fused-ring (bicyclic) bond motifs is 1. The van der Waals surface area contributed by atoms with Crippen molar-refractivity contribution in [3.05, 3.63) is 71.7 Å². The van der Waals surface area contributed by atoms with Gasteiger partial charge in [-0.15, -0.1) is 0 Å². The van der Waals surface area contributed by atoms with Crippen LogP contribution in [0.15, 0.2) is 76.8 Å². The smallest absolute Gasteiger partial charge is 0.313 e. The third-order valence-electron chi connectivity index (χ3n) is 6.40. The monoisotopic (exact) mass is 434 g/mol. The second kappa shape index (κ2) is 7.87. The molecule has 0 radical (unpaired) electrons. The maximum Gasteiger partial charge on any atom is 0.313 e. The molecule has 6 heteroatoms. The van der Waals surface area contributed by atoms with Crippen LogP contribution in [-0.4, -0.2) is 23.7 Å². The summed E-state index contributed by atoms with van der Waals surface area (Å²) in [5.41, 5.74) is 4.03. The molecule has 2 aliphatic heterocycles. The fourth-order valence-electron chi connectivity index (χ4n) is 5.01. The molecule has 0 saturated carbocycles. The van der Waals surface area contributed by atoms with Crippen molar-refractivity contribution in [1.82, 2.24) is 4.90 Å². The Morgan fingerprint density at radius 3 is 2.23 bits per heavy atom. The lowest BCUT2D eigenvalue weighted by molar-refractivity contribution is 0.240. The van der Waals surface area contributed by atoms with Gasteiger partial charge in [0.15, 0.2) is 0 Å². The highest BCUT2D eigenvalue weighted by atomic mass is 31.2. The Morgan fingerprint density at radius 2 is 1.55 bits per heavy atom. The van der Waals surface area contributed by atoms with Gasteiger partial charge in [0.2, 0.25) is 0 Å². The van der Waals surface area contributed by atoms with Gasteiger partial charge in [0.1, 0.15) is 0 Å². The van der Waals surface area contributed by atoms with Gasteiger partial charge in [-0.2, -0.15) is 9.88 Å². The summed E-state index contributed by atoms with van der Waals surface area (Å²) in [5.74, 6) is 0. The third-order valence-corrected chi connectivity index (χ3v) is 8.94. The zero-order valence-electron chi connectivity index (χ0n) is 18.4. The topological polar surface area (TPSA) is 47.9 Å². The molecule has 1 aliphatic carbocycles. The van der Waals surface area contributed by atoms with Gasteiger partial charge < -0.3 is 9.99 Å². The number of piperidine rings is 1. The zero-order valence-corrected chi connectivity index (χ0v) is 19.3. The quantitative estimate of drug-likeness (QED) is 0.545. The number of rotatable bonds is 4. The minimum Gasteiger partial charge on any atom is -0.374 e.